The Hall–Kier alpha value is -2.11. The molecule has 0 aliphatic heterocycles. The molecule has 0 radical (unpaired) electrons. The summed E-state index contributed by atoms with van der Waals surface area (Å²) < 4.78 is 5.63. The molecule has 1 N–H and O–H groups in total. The number of hydrogen-bond donors (Lipinski definition) is 1. The molecule has 0 aliphatic carbocycles. The van der Waals surface area contributed by atoms with Crippen molar-refractivity contribution in [2.24, 2.45) is 0 Å². The quantitative estimate of drug-likeness (QED) is 0.654. The minimum Gasteiger partial charge on any atom is -0.449 e. The zero-order valence-corrected chi connectivity index (χ0v) is 6.41. The lowest BCUT2D eigenvalue weighted by atomic mass is 10.4. The topological polar surface area (TPSA) is 76.7 Å². The summed E-state index contributed by atoms with van der Waals surface area (Å²) >= 11 is 0. The number of carboxylic acid groups (broad SMARTS) is 1. The first-order chi connectivity index (χ1) is 6.25. The highest BCUT2D eigenvalue weighted by Gasteiger charge is 2.05. The molecule has 0 bridgehead atoms. The van der Waals surface area contributed by atoms with Gasteiger partial charge in [0.1, 0.15) is 0 Å². The van der Waals surface area contributed by atoms with E-state index in [1.807, 2.05) is 0 Å². The Morgan fingerprint density at radius 1 is 1.62 bits per heavy atom. The SMILES string of the molecule is O=C(O)Oc1cc2cccnn2n1. The Balaban J connectivity index is 2.44. The summed E-state index contributed by atoms with van der Waals surface area (Å²) in [6.45, 7) is 0. The van der Waals surface area contributed by atoms with Gasteiger partial charge in [-0.1, -0.05) is 0 Å². The molecule has 6 nitrogen and oxygen atoms in total. The smallest absolute Gasteiger partial charge is 0.449 e. The van der Waals surface area contributed by atoms with Crippen molar-refractivity contribution in [3.8, 4) is 5.88 Å². The Bertz CT molecular complexity index is 418. The van der Waals surface area contributed by atoms with Crippen LogP contribution >= 0.6 is 0 Å². The van der Waals surface area contributed by atoms with Gasteiger partial charge in [0.25, 0.3) is 0 Å². The summed E-state index contributed by atoms with van der Waals surface area (Å²) in [4.78, 5) is 10.2. The molecular weight excluding hydrogens is 174 g/mol. The standard InChI is InChI=1S/C7H5N3O3/c11-7(12)13-6-4-5-2-1-3-8-10(5)9-6/h1-4H,(H,11,12). The molecule has 0 aromatic carbocycles. The normalized spacial score (nSPS) is 10.2. The van der Waals surface area contributed by atoms with Crippen LogP contribution in [0.1, 0.15) is 0 Å². The van der Waals surface area contributed by atoms with Crippen LogP contribution in [0.3, 0.4) is 0 Å². The van der Waals surface area contributed by atoms with Gasteiger partial charge in [-0.25, -0.2) is 4.79 Å². The van der Waals surface area contributed by atoms with Crippen molar-refractivity contribution in [2.75, 3.05) is 0 Å². The third-order valence-electron chi connectivity index (χ3n) is 1.42. The summed E-state index contributed by atoms with van der Waals surface area (Å²) in [5.41, 5.74) is 0.679. The van der Waals surface area contributed by atoms with Crippen molar-refractivity contribution in [1.82, 2.24) is 14.8 Å². The van der Waals surface area contributed by atoms with E-state index in [2.05, 4.69) is 14.9 Å². The molecule has 0 unspecified atom stereocenters. The van der Waals surface area contributed by atoms with E-state index in [1.165, 1.54) is 10.7 Å². The van der Waals surface area contributed by atoms with Crippen molar-refractivity contribution >= 4 is 11.7 Å². The second-order valence-corrected chi connectivity index (χ2v) is 2.29. The number of aromatic nitrogens is 3. The number of hydrogen-bond acceptors (Lipinski definition) is 4. The Morgan fingerprint density at radius 2 is 2.46 bits per heavy atom. The van der Waals surface area contributed by atoms with Crippen molar-refractivity contribution in [3.05, 3.63) is 24.4 Å². The summed E-state index contributed by atoms with van der Waals surface area (Å²) in [5.74, 6) is 0.0196. The fourth-order valence-corrected chi connectivity index (χ4v) is 0.954. The van der Waals surface area contributed by atoms with Crippen LogP contribution < -0.4 is 4.74 Å². The number of fused-ring (bicyclic) bond motifs is 1. The minimum atomic E-state index is -1.39. The van der Waals surface area contributed by atoms with Gasteiger partial charge in [-0.2, -0.15) is 5.10 Å². The lowest BCUT2D eigenvalue weighted by Crippen LogP contribution is -2.03. The average molecular weight is 179 g/mol. The third kappa shape index (κ3) is 1.41. The lowest BCUT2D eigenvalue weighted by Gasteiger charge is -1.89. The van der Waals surface area contributed by atoms with Gasteiger partial charge in [-0.05, 0) is 12.1 Å². The van der Waals surface area contributed by atoms with Crippen LogP contribution in [0.5, 0.6) is 5.88 Å². The molecule has 0 atom stereocenters. The molecule has 0 aliphatic rings. The highest BCUT2D eigenvalue weighted by molar-refractivity contribution is 5.61. The third-order valence-corrected chi connectivity index (χ3v) is 1.42. The molecule has 2 rings (SSSR count). The first-order valence-electron chi connectivity index (χ1n) is 3.47. The molecule has 2 aromatic heterocycles. The van der Waals surface area contributed by atoms with E-state index < -0.39 is 6.16 Å². The predicted molar refractivity (Wildman–Crippen MR) is 41.6 cm³/mol. The lowest BCUT2D eigenvalue weighted by molar-refractivity contribution is 0.142. The summed E-state index contributed by atoms with van der Waals surface area (Å²) in [5, 5.41) is 15.9. The van der Waals surface area contributed by atoms with Gasteiger partial charge in [-0.3, -0.25) is 0 Å². The van der Waals surface area contributed by atoms with Crippen LogP contribution in [0.2, 0.25) is 0 Å². The molecule has 13 heavy (non-hydrogen) atoms. The highest BCUT2D eigenvalue weighted by atomic mass is 16.7. The Morgan fingerprint density at radius 3 is 3.15 bits per heavy atom. The van der Waals surface area contributed by atoms with Crippen LogP contribution in [0.25, 0.3) is 5.52 Å². The van der Waals surface area contributed by atoms with E-state index in [9.17, 15) is 4.79 Å². The van der Waals surface area contributed by atoms with E-state index in [-0.39, 0.29) is 5.88 Å². The summed E-state index contributed by atoms with van der Waals surface area (Å²) in [6.07, 6.45) is 0.160. The monoisotopic (exact) mass is 179 g/mol. The van der Waals surface area contributed by atoms with E-state index in [0.29, 0.717) is 5.52 Å². The maximum atomic E-state index is 10.2. The fourth-order valence-electron chi connectivity index (χ4n) is 0.954. The molecule has 0 amide bonds. The number of carbonyl (C=O) groups is 1. The van der Waals surface area contributed by atoms with Crippen molar-refractivity contribution in [1.29, 1.82) is 0 Å². The van der Waals surface area contributed by atoms with Crippen LogP contribution in [0.15, 0.2) is 24.4 Å². The minimum absolute atomic E-state index is 0.0196. The van der Waals surface area contributed by atoms with Gasteiger partial charge in [0.2, 0.25) is 5.88 Å². The molecule has 6 heteroatoms. The van der Waals surface area contributed by atoms with Gasteiger partial charge in [0, 0.05) is 12.3 Å². The van der Waals surface area contributed by atoms with E-state index in [1.54, 1.807) is 18.3 Å². The first kappa shape index (κ1) is 7.53. The predicted octanol–water partition coefficient (Wildman–Crippen LogP) is 0.786. The van der Waals surface area contributed by atoms with Crippen molar-refractivity contribution in [3.63, 3.8) is 0 Å². The van der Waals surface area contributed by atoms with Crippen LogP contribution in [-0.2, 0) is 0 Å². The van der Waals surface area contributed by atoms with E-state index >= 15 is 0 Å². The van der Waals surface area contributed by atoms with Crippen molar-refractivity contribution in [2.45, 2.75) is 0 Å². The summed E-state index contributed by atoms with van der Waals surface area (Å²) in [7, 11) is 0. The molecule has 66 valence electrons. The zero-order chi connectivity index (χ0) is 9.26. The maximum absolute atomic E-state index is 10.2. The number of nitrogens with zero attached hydrogens (tertiary/aromatic N) is 3. The second-order valence-electron chi connectivity index (χ2n) is 2.29. The Kier molecular flexibility index (Phi) is 1.59. The molecule has 2 heterocycles. The largest absolute Gasteiger partial charge is 0.512 e. The van der Waals surface area contributed by atoms with E-state index in [0.717, 1.165) is 0 Å². The molecule has 0 spiro atoms. The van der Waals surface area contributed by atoms with Gasteiger partial charge in [0.05, 0.1) is 5.52 Å². The molecule has 2 aromatic rings. The van der Waals surface area contributed by atoms with Crippen molar-refractivity contribution < 1.29 is 14.6 Å². The molecule has 0 saturated heterocycles. The van der Waals surface area contributed by atoms with Crippen LogP contribution in [0.4, 0.5) is 4.79 Å². The maximum Gasteiger partial charge on any atom is 0.512 e. The Labute approximate surface area is 72.4 Å². The number of rotatable bonds is 1. The average Bonchev–Trinajstić information content (AvgIpc) is 2.44. The van der Waals surface area contributed by atoms with E-state index in [4.69, 9.17) is 5.11 Å². The molecule has 0 saturated carbocycles. The summed E-state index contributed by atoms with van der Waals surface area (Å²) in [6, 6.07) is 4.96. The second kappa shape index (κ2) is 2.74. The fraction of sp³-hybridized carbons (Fsp3) is 0. The zero-order valence-electron chi connectivity index (χ0n) is 6.41. The highest BCUT2D eigenvalue weighted by Crippen LogP contribution is 2.10. The number of ether oxygens (including phenoxy) is 1. The van der Waals surface area contributed by atoms with Crippen LogP contribution in [-0.4, -0.2) is 26.1 Å². The van der Waals surface area contributed by atoms with Gasteiger partial charge < -0.3 is 9.84 Å². The van der Waals surface area contributed by atoms with Gasteiger partial charge >= 0.3 is 6.16 Å². The van der Waals surface area contributed by atoms with Gasteiger partial charge in [-0.15, -0.1) is 9.73 Å². The first-order valence-corrected chi connectivity index (χ1v) is 3.47. The van der Waals surface area contributed by atoms with Crippen LogP contribution in [0, 0.1) is 0 Å². The van der Waals surface area contributed by atoms with Gasteiger partial charge in [0.15, 0.2) is 0 Å². The molecular formula is C7H5N3O3. The molecule has 0 fully saturated rings.